The Hall–Kier alpha value is -1.91. The summed E-state index contributed by atoms with van der Waals surface area (Å²) in [4.78, 5) is 3.55. The topological polar surface area (TPSA) is 44.5 Å². The zero-order valence-corrected chi connectivity index (χ0v) is 16.2. The molecule has 2 N–H and O–H groups in total. The van der Waals surface area contributed by atoms with Crippen LogP contribution in [-0.4, -0.2) is 25.6 Å². The molecule has 0 amide bonds. The Labute approximate surface area is 157 Å². The van der Waals surface area contributed by atoms with Crippen molar-refractivity contribution < 1.29 is 14.5 Å². The first-order chi connectivity index (χ1) is 11.8. The molecule has 0 saturated heterocycles. The van der Waals surface area contributed by atoms with E-state index in [2.05, 4.69) is 24.2 Å². The first kappa shape index (κ1) is 17.9. The summed E-state index contributed by atoms with van der Waals surface area (Å²) < 4.78 is 10.9. The molecule has 0 bridgehead atoms. The largest absolute Gasteiger partial charge is 0.493 e. The van der Waals surface area contributed by atoms with E-state index in [-0.39, 0.29) is 5.54 Å². The van der Waals surface area contributed by atoms with E-state index in [9.17, 15) is 0 Å². The molecule has 25 heavy (non-hydrogen) atoms. The molecule has 0 fully saturated rings. The van der Waals surface area contributed by atoms with E-state index < -0.39 is 0 Å². The maximum atomic E-state index is 6.32. The molecule has 2 aromatic rings. The number of amidine groups is 1. The second kappa shape index (κ2) is 6.77. The monoisotopic (exact) mass is 379 g/mol. The van der Waals surface area contributed by atoms with Gasteiger partial charge >= 0.3 is 0 Å². The number of nitrogens with one attached hydrogen (secondary N) is 2. The van der Waals surface area contributed by atoms with Crippen molar-refractivity contribution in [3.05, 3.63) is 51.5 Å². The van der Waals surface area contributed by atoms with Gasteiger partial charge in [-0.3, -0.25) is 4.99 Å². The van der Waals surface area contributed by atoms with Gasteiger partial charge in [0.1, 0.15) is 11.2 Å². The van der Waals surface area contributed by atoms with Gasteiger partial charge in [-0.15, -0.1) is 0 Å². The Balaban J connectivity index is 2.08. The van der Waals surface area contributed by atoms with Gasteiger partial charge < -0.3 is 9.47 Å². The van der Waals surface area contributed by atoms with Crippen molar-refractivity contribution in [2.45, 2.75) is 25.8 Å². The average molecular weight is 380 g/mol. The van der Waals surface area contributed by atoms with Crippen LogP contribution >= 0.6 is 23.2 Å². The molecule has 0 spiro atoms. The number of ether oxygens (including phenoxy) is 2. The second-order valence-corrected chi connectivity index (χ2v) is 7.52. The molecule has 3 rings (SSSR count). The maximum Gasteiger partial charge on any atom is 0.280 e. The van der Waals surface area contributed by atoms with Gasteiger partial charge in [-0.25, -0.2) is 5.32 Å². The smallest absolute Gasteiger partial charge is 0.280 e. The van der Waals surface area contributed by atoms with Crippen LogP contribution in [0.2, 0.25) is 10.0 Å². The summed E-state index contributed by atoms with van der Waals surface area (Å²) in [7, 11) is 3.28. The van der Waals surface area contributed by atoms with Crippen molar-refractivity contribution in [2.24, 2.45) is 0 Å². The summed E-state index contributed by atoms with van der Waals surface area (Å²) in [6.45, 7) is 4.30. The van der Waals surface area contributed by atoms with Crippen LogP contribution < -0.4 is 19.8 Å². The standard InChI is InChI=1S/C19H20Cl2N2O2/c1-19(2)10-11-7-16(24-3)17(25-4)9-13(11)18(23-19)22-15-6-5-12(20)8-14(15)21/h5-9H,10H2,1-4H3,(H,22,23)/p+1. The van der Waals surface area contributed by atoms with Crippen LogP contribution in [0.4, 0.5) is 5.69 Å². The maximum absolute atomic E-state index is 6.32. The first-order valence-electron chi connectivity index (χ1n) is 7.95. The van der Waals surface area contributed by atoms with Crippen LogP contribution in [-0.2, 0) is 6.42 Å². The van der Waals surface area contributed by atoms with Crippen molar-refractivity contribution >= 4 is 34.7 Å². The Morgan fingerprint density at radius 1 is 1.04 bits per heavy atom. The Morgan fingerprint density at radius 3 is 2.36 bits per heavy atom. The van der Waals surface area contributed by atoms with Crippen LogP contribution in [0.25, 0.3) is 0 Å². The Morgan fingerprint density at radius 2 is 1.72 bits per heavy atom. The number of hydrogen-bond acceptors (Lipinski definition) is 3. The number of fused-ring (bicyclic) bond motifs is 1. The highest BCUT2D eigenvalue weighted by atomic mass is 35.5. The number of anilines is 1. The number of methoxy groups -OCH3 is 2. The fraction of sp³-hybridized carbons (Fsp3) is 0.316. The molecule has 132 valence electrons. The molecule has 0 aromatic heterocycles. The summed E-state index contributed by atoms with van der Waals surface area (Å²) in [5, 5.41) is 4.56. The lowest BCUT2D eigenvalue weighted by atomic mass is 9.88. The molecule has 0 aliphatic carbocycles. The van der Waals surface area contributed by atoms with Crippen LogP contribution in [0.3, 0.4) is 0 Å². The average Bonchev–Trinajstić information content (AvgIpc) is 2.55. The van der Waals surface area contributed by atoms with Crippen LogP contribution in [0, 0.1) is 0 Å². The summed E-state index contributed by atoms with van der Waals surface area (Å²) in [5.74, 6) is 2.28. The quantitative estimate of drug-likeness (QED) is 0.859. The lowest BCUT2D eigenvalue weighted by molar-refractivity contribution is -0.545. The molecule has 0 saturated carbocycles. The lowest BCUT2D eigenvalue weighted by Gasteiger charge is -2.26. The molecule has 1 heterocycles. The number of benzene rings is 2. The zero-order chi connectivity index (χ0) is 18.2. The third-order valence-electron chi connectivity index (χ3n) is 4.17. The van der Waals surface area contributed by atoms with Crippen LogP contribution in [0.5, 0.6) is 11.5 Å². The Bertz CT molecular complexity index is 848. The van der Waals surface area contributed by atoms with Gasteiger partial charge in [0.15, 0.2) is 11.5 Å². The van der Waals surface area contributed by atoms with E-state index in [4.69, 9.17) is 32.7 Å². The van der Waals surface area contributed by atoms with Gasteiger partial charge in [-0.1, -0.05) is 23.2 Å². The molecular formula is C19H21Cl2N2O2+. The van der Waals surface area contributed by atoms with Crippen molar-refractivity contribution in [1.29, 1.82) is 0 Å². The van der Waals surface area contributed by atoms with E-state index in [1.54, 1.807) is 26.4 Å². The van der Waals surface area contributed by atoms with Crippen molar-refractivity contribution in [3.8, 4) is 11.5 Å². The van der Waals surface area contributed by atoms with Gasteiger partial charge in [0, 0.05) is 11.4 Å². The molecule has 4 nitrogen and oxygen atoms in total. The number of halogens is 2. The van der Waals surface area contributed by atoms with Gasteiger partial charge in [0.25, 0.3) is 5.84 Å². The molecule has 1 aliphatic rings. The molecule has 2 aromatic carbocycles. The summed E-state index contributed by atoms with van der Waals surface area (Å²) in [6, 6.07) is 9.39. The third-order valence-corrected chi connectivity index (χ3v) is 4.71. The third kappa shape index (κ3) is 3.70. The van der Waals surface area contributed by atoms with Gasteiger partial charge in [-0.05, 0) is 49.7 Å². The van der Waals surface area contributed by atoms with Gasteiger partial charge in [0.2, 0.25) is 0 Å². The van der Waals surface area contributed by atoms with Crippen molar-refractivity contribution in [1.82, 2.24) is 0 Å². The number of rotatable bonds is 3. The van der Waals surface area contributed by atoms with E-state index in [1.165, 1.54) is 5.56 Å². The van der Waals surface area contributed by atoms with E-state index in [0.717, 1.165) is 29.3 Å². The molecular weight excluding hydrogens is 359 g/mol. The Kier molecular flexibility index (Phi) is 4.85. The summed E-state index contributed by atoms with van der Waals surface area (Å²) in [5.41, 5.74) is 2.87. The molecule has 0 atom stereocenters. The predicted molar refractivity (Wildman–Crippen MR) is 102 cm³/mol. The minimum atomic E-state index is -0.117. The minimum Gasteiger partial charge on any atom is -0.493 e. The minimum absolute atomic E-state index is 0.117. The zero-order valence-electron chi connectivity index (χ0n) is 14.7. The van der Waals surface area contributed by atoms with Crippen LogP contribution in [0.1, 0.15) is 25.0 Å². The first-order valence-corrected chi connectivity index (χ1v) is 8.71. The van der Waals surface area contributed by atoms with Gasteiger partial charge in [0.05, 0.1) is 24.8 Å². The molecule has 6 heteroatoms. The highest BCUT2D eigenvalue weighted by Crippen LogP contribution is 2.33. The normalized spacial score (nSPS) is 15.2. The SMILES string of the molecule is COc1cc2c(cc1OC)C(Nc1ccc(Cl)cc1Cl)=[NH+]C(C)(C)C2. The predicted octanol–water partition coefficient (Wildman–Crippen LogP) is 3.28. The van der Waals surface area contributed by atoms with Crippen molar-refractivity contribution in [2.75, 3.05) is 19.5 Å². The molecule has 0 unspecified atom stereocenters. The fourth-order valence-electron chi connectivity index (χ4n) is 3.05. The summed E-state index contributed by atoms with van der Waals surface area (Å²) in [6.07, 6.45) is 0.863. The molecule has 1 aliphatic heterocycles. The van der Waals surface area contributed by atoms with E-state index >= 15 is 0 Å². The van der Waals surface area contributed by atoms with Crippen molar-refractivity contribution in [3.63, 3.8) is 0 Å². The second-order valence-electron chi connectivity index (χ2n) is 6.67. The molecule has 0 radical (unpaired) electrons. The number of hydrogen-bond donors (Lipinski definition) is 2. The lowest BCUT2D eigenvalue weighted by Crippen LogP contribution is -2.89. The highest BCUT2D eigenvalue weighted by Gasteiger charge is 2.33. The van der Waals surface area contributed by atoms with E-state index in [1.807, 2.05) is 18.2 Å². The van der Waals surface area contributed by atoms with Gasteiger partial charge in [-0.2, -0.15) is 0 Å². The fourth-order valence-corrected chi connectivity index (χ4v) is 3.51. The van der Waals surface area contributed by atoms with E-state index in [0.29, 0.717) is 15.8 Å². The van der Waals surface area contributed by atoms with Crippen LogP contribution in [0.15, 0.2) is 30.3 Å². The summed E-state index contributed by atoms with van der Waals surface area (Å²) >= 11 is 12.3. The highest BCUT2D eigenvalue weighted by molar-refractivity contribution is 6.36.